The number of hydrogen-bond acceptors (Lipinski definition) is 16. The van der Waals surface area contributed by atoms with E-state index in [0.717, 1.165) is 0 Å². The summed E-state index contributed by atoms with van der Waals surface area (Å²) in [6.45, 7) is 14.5. The zero-order chi connectivity index (χ0) is 57.4. The number of benzene rings is 2. The van der Waals surface area contributed by atoms with Gasteiger partial charge in [-0.15, -0.1) is 113 Å². The minimum atomic E-state index is -0.317. The lowest BCUT2D eigenvalue weighted by atomic mass is 9.75. The fourth-order valence-electron chi connectivity index (χ4n) is 12.4. The lowest BCUT2D eigenvalue weighted by Crippen LogP contribution is -2.26. The monoisotopic (exact) mass is 1250 g/mol. The number of carbonyl (C=O) groups is 2. The maximum atomic E-state index is 12.1. The number of Topliss-reactive ketones (excluding diaryl/α,β-unsaturated/α-hetero) is 2. The molecule has 0 saturated carbocycles. The summed E-state index contributed by atoms with van der Waals surface area (Å²) in [5.74, 6) is -0.338. The summed E-state index contributed by atoms with van der Waals surface area (Å²) in [5.41, 5.74) is 9.30. The highest BCUT2D eigenvalue weighted by atomic mass is 32.1. The largest absolute Gasteiger partial charge is 0.289 e. The Kier molecular flexibility index (Phi) is 12.9. The van der Waals surface area contributed by atoms with Crippen molar-refractivity contribution in [1.82, 2.24) is 0 Å². The van der Waals surface area contributed by atoms with Gasteiger partial charge < -0.3 is 0 Å². The summed E-state index contributed by atoms with van der Waals surface area (Å²) in [6, 6.07) is 45.1. The van der Waals surface area contributed by atoms with Gasteiger partial charge >= 0.3 is 0 Å². The van der Waals surface area contributed by atoms with Gasteiger partial charge in [0.05, 0.1) is 49.1 Å². The first-order valence-electron chi connectivity index (χ1n) is 26.0. The number of hydrogen-bond donors (Lipinski definition) is 0. The van der Waals surface area contributed by atoms with Gasteiger partial charge in [0.1, 0.15) is 35.4 Å². The zero-order valence-corrected chi connectivity index (χ0v) is 52.7. The molecule has 0 atom stereocenters. The third-order valence-electron chi connectivity index (χ3n) is 15.7. The van der Waals surface area contributed by atoms with E-state index in [9.17, 15) is 9.59 Å². The summed E-state index contributed by atoms with van der Waals surface area (Å²) >= 11 is 20.1. The van der Waals surface area contributed by atoms with Crippen molar-refractivity contribution in [3.05, 3.63) is 238 Å². The molecular formula is C67H38N4O2S10. The summed E-state index contributed by atoms with van der Waals surface area (Å²) in [5, 5.41) is 40.2. The molecule has 10 heterocycles. The number of carbonyl (C=O) groups excluding carboxylic acids is 2. The van der Waals surface area contributed by atoms with E-state index in [0.29, 0.717) is 39.0 Å². The lowest BCUT2D eigenvalue weighted by Gasteiger charge is -2.30. The van der Waals surface area contributed by atoms with E-state index in [1.54, 1.807) is 95.9 Å². The average Bonchev–Trinajstić information content (AvgIpc) is 1.58. The van der Waals surface area contributed by atoms with Crippen molar-refractivity contribution >= 4 is 164 Å². The highest BCUT2D eigenvalue weighted by molar-refractivity contribution is 7.37. The van der Waals surface area contributed by atoms with Crippen LogP contribution in [0, 0.1) is 73.0 Å². The van der Waals surface area contributed by atoms with Gasteiger partial charge in [-0.1, -0.05) is 61.2 Å². The Morgan fingerprint density at radius 3 is 1.16 bits per heavy atom. The van der Waals surface area contributed by atoms with Crippen LogP contribution in [0.25, 0.3) is 58.9 Å². The van der Waals surface area contributed by atoms with Gasteiger partial charge in [-0.05, 0) is 117 Å². The van der Waals surface area contributed by atoms with Crippen LogP contribution in [0.15, 0.2) is 155 Å². The molecule has 4 aliphatic carbocycles. The van der Waals surface area contributed by atoms with E-state index in [4.69, 9.17) is 21.0 Å². The van der Waals surface area contributed by atoms with E-state index < -0.39 is 0 Å². The van der Waals surface area contributed by atoms with Crippen LogP contribution in [-0.4, -0.2) is 11.6 Å². The summed E-state index contributed by atoms with van der Waals surface area (Å²) in [7, 11) is 0. The quantitative estimate of drug-likeness (QED) is 0.127. The van der Waals surface area contributed by atoms with Crippen LogP contribution in [-0.2, 0) is 10.8 Å². The van der Waals surface area contributed by atoms with E-state index in [1.807, 2.05) is 103 Å². The number of nitriles is 4. The standard InChI is InChI=1S/C40H24S10.C14H8N2O.C13H6N2O/c1-17-5-9-23(43-17)39(24-10-6-18(2)44-24)27-31-21(13-15-41-31)47-33(27)35-29(39)37-38(49-35)30-36(50-37)34-28(32-22(48-34)14-16-42-32)40(30,25-11-7-19(3)45-25)26-12-8-20(4)46-26;1-2-10-13(9(7-15)8-16)11-5-3-4-6-12(11)14(10)17;1-8-12(9(6-14)7-15)10-4-2-3-5-11(10)13(8)16/h5-16H,1-4H3;2-6H,1H3;2-5H,1H2/b;10-2-;. The van der Waals surface area contributed by atoms with Gasteiger partial charge in [0.2, 0.25) is 0 Å². The van der Waals surface area contributed by atoms with Gasteiger partial charge in [0.15, 0.2) is 11.6 Å². The van der Waals surface area contributed by atoms with Crippen LogP contribution in [0.1, 0.15) is 100 Å². The van der Waals surface area contributed by atoms with Crippen molar-refractivity contribution in [3.8, 4) is 43.8 Å². The molecule has 0 N–H and O–H groups in total. The van der Waals surface area contributed by atoms with Crippen molar-refractivity contribution in [2.75, 3.05) is 0 Å². The van der Waals surface area contributed by atoms with Crippen molar-refractivity contribution in [3.63, 3.8) is 0 Å². The molecule has 0 bridgehead atoms. The molecule has 0 aliphatic heterocycles. The van der Waals surface area contributed by atoms with Crippen LogP contribution >= 0.6 is 113 Å². The molecule has 4 aliphatic rings. The topological polar surface area (TPSA) is 129 Å². The molecule has 12 aromatic rings. The third-order valence-corrected chi connectivity index (χ3v) is 27.5. The van der Waals surface area contributed by atoms with Crippen molar-refractivity contribution in [2.24, 2.45) is 0 Å². The van der Waals surface area contributed by atoms with Crippen molar-refractivity contribution in [1.29, 1.82) is 21.0 Å². The van der Waals surface area contributed by atoms with Crippen LogP contribution in [0.5, 0.6) is 0 Å². The van der Waals surface area contributed by atoms with E-state index in [2.05, 4.69) is 128 Å². The molecule has 0 spiro atoms. The van der Waals surface area contributed by atoms with E-state index in [-0.39, 0.29) is 39.1 Å². The van der Waals surface area contributed by atoms with Gasteiger partial charge in [-0.25, -0.2) is 0 Å². The van der Waals surface area contributed by atoms with Gasteiger partial charge in [-0.3, -0.25) is 9.59 Å². The molecule has 83 heavy (non-hydrogen) atoms. The molecule has 0 unspecified atom stereocenters. The van der Waals surface area contributed by atoms with E-state index in [1.165, 1.54) is 86.7 Å². The normalized spacial score (nSPS) is 15.0. The van der Waals surface area contributed by atoms with Crippen LogP contribution < -0.4 is 0 Å². The van der Waals surface area contributed by atoms with E-state index >= 15 is 0 Å². The SMILES string of the molecule is C/C=C1\C(=O)c2ccccc2C1=C(C#N)C#N.C=C1C(=O)c2ccccc2C1=C(C#N)C#N.Cc1ccc(C2(c3ccc(C)s3)c3c(sc4ccsc34)-c3sc4c5c(sc4c32)-c2sc3ccsc3c2C5(c2ccc(C)s2)c2ccc(C)s2)s1. The third kappa shape index (κ3) is 7.50. The molecule has 0 saturated heterocycles. The molecule has 16 heteroatoms. The van der Waals surface area contributed by atoms with Gasteiger partial charge in [0.25, 0.3) is 0 Å². The Morgan fingerprint density at radius 2 is 0.783 bits per heavy atom. The molecular weight excluding hydrogens is 1210 g/mol. The van der Waals surface area contributed by atoms with Crippen molar-refractivity contribution < 1.29 is 9.59 Å². The maximum absolute atomic E-state index is 12.1. The number of aryl methyl sites for hydroxylation is 4. The molecule has 6 nitrogen and oxygen atoms in total. The summed E-state index contributed by atoms with van der Waals surface area (Å²) in [6.07, 6.45) is 1.65. The predicted octanol–water partition coefficient (Wildman–Crippen LogP) is 20.6. The summed E-state index contributed by atoms with van der Waals surface area (Å²) in [4.78, 5) is 41.2. The Hall–Kier alpha value is -7.52. The smallest absolute Gasteiger partial charge is 0.194 e. The fraction of sp³-hybridized carbons (Fsp3) is 0.104. The van der Waals surface area contributed by atoms with Crippen LogP contribution in [0.3, 0.4) is 0 Å². The minimum absolute atomic E-state index is 0.0172. The van der Waals surface area contributed by atoms with Gasteiger partial charge in [-0.2, -0.15) is 21.0 Å². The molecule has 0 fully saturated rings. The fourth-order valence-corrected chi connectivity index (χ4v) is 25.2. The molecule has 398 valence electrons. The number of fused-ring (bicyclic) bond motifs is 15. The lowest BCUT2D eigenvalue weighted by molar-refractivity contribution is 0.103. The maximum Gasteiger partial charge on any atom is 0.194 e. The Morgan fingerprint density at radius 1 is 0.434 bits per heavy atom. The molecule has 16 rings (SSSR count). The number of allylic oxidation sites excluding steroid dienone is 7. The first-order chi connectivity index (χ1) is 40.3. The average molecular weight is 1250 g/mol. The highest BCUT2D eigenvalue weighted by Crippen LogP contribution is 2.73. The summed E-state index contributed by atoms with van der Waals surface area (Å²) < 4.78 is 8.82. The second kappa shape index (κ2) is 20.1. The number of thiophene rings is 10. The van der Waals surface area contributed by atoms with Gasteiger partial charge in [0, 0.05) is 104 Å². The van der Waals surface area contributed by atoms with Crippen LogP contribution in [0.4, 0.5) is 0 Å². The molecule has 2 aromatic carbocycles. The molecule has 0 radical (unpaired) electrons. The number of ketones is 2. The second-order valence-corrected chi connectivity index (χ2v) is 31.3. The Bertz CT molecular complexity index is 4810. The van der Waals surface area contributed by atoms with Crippen molar-refractivity contribution in [2.45, 2.75) is 45.4 Å². The Labute approximate surface area is 517 Å². The number of rotatable bonds is 4. The van der Waals surface area contributed by atoms with Crippen LogP contribution in [0.2, 0.25) is 0 Å². The first-order valence-corrected chi connectivity index (χ1v) is 34.3. The number of nitrogens with zero attached hydrogens (tertiary/aromatic N) is 4. The second-order valence-electron chi connectivity index (χ2n) is 20.1. The minimum Gasteiger partial charge on any atom is -0.289 e. The zero-order valence-electron chi connectivity index (χ0n) is 44.5. The molecule has 0 amide bonds. The predicted molar refractivity (Wildman–Crippen MR) is 352 cm³/mol. The Balaban J connectivity index is 0.000000152. The first kappa shape index (κ1) is 53.5. The molecule has 10 aromatic heterocycles. The highest BCUT2D eigenvalue weighted by Gasteiger charge is 2.57.